The van der Waals surface area contributed by atoms with Gasteiger partial charge in [-0.1, -0.05) is 6.92 Å². The van der Waals surface area contributed by atoms with Crippen molar-refractivity contribution in [1.29, 1.82) is 0 Å². The van der Waals surface area contributed by atoms with Crippen LogP contribution in [0.25, 0.3) is 0 Å². The molecule has 0 aromatic carbocycles. The molecule has 9 heavy (non-hydrogen) atoms. The van der Waals surface area contributed by atoms with Crippen molar-refractivity contribution in [3.8, 4) is 0 Å². The van der Waals surface area contributed by atoms with Crippen molar-refractivity contribution in [3.63, 3.8) is 0 Å². The Labute approximate surface area is 55.1 Å². The Morgan fingerprint density at radius 1 is 1.22 bits per heavy atom. The molecule has 1 saturated heterocycles. The molecular formula is C7H12O2. The lowest BCUT2D eigenvalue weighted by Crippen LogP contribution is -2.22. The molecule has 0 N–H and O–H groups in total. The third-order valence-electron chi connectivity index (χ3n) is 2.39. The quantitative estimate of drug-likeness (QED) is 0.460. The molecule has 2 fully saturated rings. The fraction of sp³-hybridized carbons (Fsp3) is 1.00. The fourth-order valence-electron chi connectivity index (χ4n) is 1.62. The molecule has 1 saturated carbocycles. The summed E-state index contributed by atoms with van der Waals surface area (Å²) in [6, 6.07) is 0. The summed E-state index contributed by atoms with van der Waals surface area (Å²) in [5.41, 5.74) is 0. The zero-order valence-corrected chi connectivity index (χ0v) is 5.67. The molecule has 1 heterocycles. The Balaban J connectivity index is 2.05. The molecule has 3 atom stereocenters. The minimum absolute atomic E-state index is 0.406. The zero-order valence-electron chi connectivity index (χ0n) is 5.67. The van der Waals surface area contributed by atoms with Gasteiger partial charge < -0.3 is 0 Å². The first-order chi connectivity index (χ1) is 4.36. The summed E-state index contributed by atoms with van der Waals surface area (Å²) >= 11 is 0. The van der Waals surface area contributed by atoms with E-state index in [9.17, 15) is 0 Å². The van der Waals surface area contributed by atoms with Gasteiger partial charge in [0.1, 0.15) is 0 Å². The third-order valence-corrected chi connectivity index (χ3v) is 2.39. The van der Waals surface area contributed by atoms with E-state index in [-0.39, 0.29) is 0 Å². The van der Waals surface area contributed by atoms with Crippen LogP contribution in [0.15, 0.2) is 0 Å². The topological polar surface area (TPSA) is 18.5 Å². The van der Waals surface area contributed by atoms with Crippen molar-refractivity contribution in [2.45, 2.75) is 38.4 Å². The zero-order chi connectivity index (χ0) is 6.27. The summed E-state index contributed by atoms with van der Waals surface area (Å²) < 4.78 is 0. The first-order valence-electron chi connectivity index (χ1n) is 3.68. The van der Waals surface area contributed by atoms with E-state index < -0.39 is 0 Å². The van der Waals surface area contributed by atoms with Gasteiger partial charge in [0.25, 0.3) is 0 Å². The highest BCUT2D eigenvalue weighted by molar-refractivity contribution is 4.80. The largest absolute Gasteiger partial charge is 0.233 e. The summed E-state index contributed by atoms with van der Waals surface area (Å²) in [6.45, 7) is 2.23. The van der Waals surface area contributed by atoms with E-state index in [1.807, 2.05) is 0 Å². The highest BCUT2D eigenvalue weighted by Crippen LogP contribution is 2.34. The van der Waals surface area contributed by atoms with Crippen molar-refractivity contribution in [1.82, 2.24) is 0 Å². The van der Waals surface area contributed by atoms with E-state index in [2.05, 4.69) is 6.92 Å². The minimum Gasteiger partial charge on any atom is -0.233 e. The molecule has 2 nitrogen and oxygen atoms in total. The Bertz CT molecular complexity index is 113. The van der Waals surface area contributed by atoms with E-state index in [0.717, 1.165) is 6.42 Å². The maximum Gasteiger partial charge on any atom is 0.0981 e. The molecular weight excluding hydrogens is 116 g/mol. The fourth-order valence-corrected chi connectivity index (χ4v) is 1.62. The van der Waals surface area contributed by atoms with Crippen molar-refractivity contribution >= 4 is 0 Å². The van der Waals surface area contributed by atoms with Crippen molar-refractivity contribution < 1.29 is 9.78 Å². The van der Waals surface area contributed by atoms with Crippen LogP contribution in [0.5, 0.6) is 0 Å². The maximum absolute atomic E-state index is 5.09. The van der Waals surface area contributed by atoms with Crippen LogP contribution >= 0.6 is 0 Å². The van der Waals surface area contributed by atoms with Gasteiger partial charge in [0, 0.05) is 6.42 Å². The molecule has 0 aromatic heterocycles. The molecule has 2 heteroatoms. The molecule has 1 aliphatic carbocycles. The van der Waals surface area contributed by atoms with E-state index in [4.69, 9.17) is 9.78 Å². The summed E-state index contributed by atoms with van der Waals surface area (Å²) in [5.74, 6) is 0.712. The van der Waals surface area contributed by atoms with Crippen molar-refractivity contribution in [2.75, 3.05) is 0 Å². The average Bonchev–Trinajstić information content (AvgIpc) is 2.25. The Hall–Kier alpha value is -0.0800. The van der Waals surface area contributed by atoms with Gasteiger partial charge in [-0.2, -0.15) is 0 Å². The first-order valence-corrected chi connectivity index (χ1v) is 3.68. The maximum atomic E-state index is 5.09. The lowest BCUT2D eigenvalue weighted by molar-refractivity contribution is -0.294. The van der Waals surface area contributed by atoms with E-state index >= 15 is 0 Å². The highest BCUT2D eigenvalue weighted by Gasteiger charge is 2.36. The molecule has 0 amide bonds. The monoisotopic (exact) mass is 128 g/mol. The predicted octanol–water partition coefficient (Wildman–Crippen LogP) is 1.51. The van der Waals surface area contributed by atoms with Gasteiger partial charge in [0.05, 0.1) is 12.2 Å². The molecule has 2 bridgehead atoms. The van der Waals surface area contributed by atoms with Gasteiger partial charge in [-0.05, 0) is 18.8 Å². The van der Waals surface area contributed by atoms with Crippen LogP contribution in [-0.2, 0) is 9.78 Å². The van der Waals surface area contributed by atoms with Crippen molar-refractivity contribution in [3.05, 3.63) is 0 Å². The van der Waals surface area contributed by atoms with Gasteiger partial charge in [-0.15, -0.1) is 0 Å². The van der Waals surface area contributed by atoms with Crippen LogP contribution in [0.2, 0.25) is 0 Å². The van der Waals surface area contributed by atoms with Crippen LogP contribution < -0.4 is 0 Å². The molecule has 0 aromatic rings. The Kier molecular flexibility index (Phi) is 1.24. The lowest BCUT2D eigenvalue weighted by atomic mass is 9.87. The molecule has 2 aliphatic rings. The number of hydrogen-bond donors (Lipinski definition) is 0. The second kappa shape index (κ2) is 1.96. The normalized spacial score (nSPS) is 49.7. The van der Waals surface area contributed by atoms with Gasteiger partial charge in [0.15, 0.2) is 0 Å². The van der Waals surface area contributed by atoms with Crippen LogP contribution in [0, 0.1) is 5.92 Å². The Morgan fingerprint density at radius 3 is 2.89 bits per heavy atom. The Morgan fingerprint density at radius 2 is 2.11 bits per heavy atom. The van der Waals surface area contributed by atoms with E-state index in [0.29, 0.717) is 18.1 Å². The van der Waals surface area contributed by atoms with Crippen LogP contribution in [-0.4, -0.2) is 12.2 Å². The first kappa shape index (κ1) is 5.69. The average molecular weight is 128 g/mol. The standard InChI is InChI=1S/C7H12O2/c1-5-2-3-6-4-7(5)9-8-6/h5-7H,2-4H2,1H3. The summed E-state index contributed by atoms with van der Waals surface area (Å²) in [6.07, 6.45) is 4.42. The molecule has 3 unspecified atom stereocenters. The number of rotatable bonds is 0. The predicted molar refractivity (Wildman–Crippen MR) is 32.8 cm³/mol. The summed E-state index contributed by atoms with van der Waals surface area (Å²) in [7, 11) is 0. The molecule has 1 aliphatic heterocycles. The summed E-state index contributed by atoms with van der Waals surface area (Å²) in [5, 5.41) is 0. The smallest absolute Gasteiger partial charge is 0.0981 e. The van der Waals surface area contributed by atoms with Crippen LogP contribution in [0.1, 0.15) is 26.2 Å². The lowest BCUT2D eigenvalue weighted by Gasteiger charge is -2.19. The molecule has 2 rings (SSSR count). The highest BCUT2D eigenvalue weighted by atomic mass is 17.2. The van der Waals surface area contributed by atoms with Gasteiger partial charge in [0.2, 0.25) is 0 Å². The third kappa shape index (κ3) is 0.864. The van der Waals surface area contributed by atoms with E-state index in [1.165, 1.54) is 12.8 Å². The minimum atomic E-state index is 0.406. The van der Waals surface area contributed by atoms with Gasteiger partial charge in [-0.25, -0.2) is 9.78 Å². The van der Waals surface area contributed by atoms with E-state index in [1.54, 1.807) is 0 Å². The molecule has 52 valence electrons. The van der Waals surface area contributed by atoms with Crippen LogP contribution in [0.4, 0.5) is 0 Å². The van der Waals surface area contributed by atoms with Crippen LogP contribution in [0.3, 0.4) is 0 Å². The van der Waals surface area contributed by atoms with Gasteiger partial charge >= 0.3 is 0 Å². The second-order valence-corrected chi connectivity index (χ2v) is 3.14. The summed E-state index contributed by atoms with van der Waals surface area (Å²) in [4.78, 5) is 10.1. The SMILES string of the molecule is CC1CCC2CC1OO2. The number of fused-ring (bicyclic) bond motifs is 2. The second-order valence-electron chi connectivity index (χ2n) is 3.14. The van der Waals surface area contributed by atoms with Crippen molar-refractivity contribution in [2.24, 2.45) is 5.92 Å². The number of hydrogen-bond acceptors (Lipinski definition) is 2. The molecule has 0 radical (unpaired) electrons. The van der Waals surface area contributed by atoms with Gasteiger partial charge in [-0.3, -0.25) is 0 Å². The molecule has 0 spiro atoms.